The number of methoxy groups -OCH3 is 2. The van der Waals surface area contributed by atoms with E-state index in [-0.39, 0.29) is 5.97 Å². The Balaban J connectivity index is 1.34. The zero-order valence-corrected chi connectivity index (χ0v) is 22.9. The molecule has 3 aromatic rings. The van der Waals surface area contributed by atoms with Gasteiger partial charge in [0.15, 0.2) is 5.60 Å². The summed E-state index contributed by atoms with van der Waals surface area (Å²) in [6.07, 6.45) is 2.02. The fourth-order valence-electron chi connectivity index (χ4n) is 5.91. The summed E-state index contributed by atoms with van der Waals surface area (Å²) in [5, 5.41) is 0. The van der Waals surface area contributed by atoms with Crippen LogP contribution in [0, 0.1) is 13.8 Å². The van der Waals surface area contributed by atoms with Gasteiger partial charge in [-0.25, -0.2) is 0 Å². The molecular weight excluding hydrogens is 480 g/mol. The van der Waals surface area contributed by atoms with Crippen LogP contribution in [0.3, 0.4) is 0 Å². The van der Waals surface area contributed by atoms with Crippen LogP contribution < -0.4 is 4.74 Å². The molecule has 6 nitrogen and oxygen atoms in total. The summed E-state index contributed by atoms with van der Waals surface area (Å²) in [6.45, 7) is 7.19. The number of carbonyl (C=O) groups excluding carboxylic acids is 1. The lowest BCUT2D eigenvalue weighted by Crippen LogP contribution is -2.44. The SMILES string of the molecule is COCC1(COC)Cc2c(cc(C)c(-c3cccc(CCc4ccc5c(c4)CO[C@H]5OC(C)=O)c3)c2C)O1. The number of hydrogen-bond acceptors (Lipinski definition) is 6. The minimum absolute atomic E-state index is 0.336. The molecule has 3 aromatic carbocycles. The molecule has 5 rings (SSSR count). The predicted octanol–water partition coefficient (Wildman–Crippen LogP) is 5.81. The van der Waals surface area contributed by atoms with Crippen molar-refractivity contribution in [1.82, 2.24) is 0 Å². The van der Waals surface area contributed by atoms with Crippen LogP contribution in [-0.4, -0.2) is 39.0 Å². The zero-order chi connectivity index (χ0) is 26.9. The summed E-state index contributed by atoms with van der Waals surface area (Å²) in [6, 6.07) is 17.3. The van der Waals surface area contributed by atoms with Gasteiger partial charge in [-0.15, -0.1) is 0 Å². The smallest absolute Gasteiger partial charge is 0.305 e. The summed E-state index contributed by atoms with van der Waals surface area (Å²) in [5.74, 6) is 0.600. The molecule has 0 unspecified atom stereocenters. The molecule has 2 heterocycles. The molecule has 0 N–H and O–H groups in total. The molecule has 0 fully saturated rings. The Morgan fingerprint density at radius 3 is 2.45 bits per heavy atom. The molecule has 0 aromatic heterocycles. The molecule has 0 aliphatic carbocycles. The molecule has 0 saturated heterocycles. The number of carbonyl (C=O) groups is 1. The molecule has 6 heteroatoms. The number of benzene rings is 3. The van der Waals surface area contributed by atoms with Crippen molar-refractivity contribution in [3.63, 3.8) is 0 Å². The Morgan fingerprint density at radius 2 is 1.74 bits per heavy atom. The van der Waals surface area contributed by atoms with E-state index in [1.54, 1.807) is 14.2 Å². The number of rotatable bonds is 9. The minimum Gasteiger partial charge on any atom is -0.482 e. The van der Waals surface area contributed by atoms with E-state index in [1.165, 1.54) is 45.9 Å². The van der Waals surface area contributed by atoms with E-state index in [0.717, 1.165) is 36.1 Å². The van der Waals surface area contributed by atoms with E-state index in [4.69, 9.17) is 23.7 Å². The molecule has 0 saturated carbocycles. The second kappa shape index (κ2) is 10.9. The first-order valence-electron chi connectivity index (χ1n) is 13.1. The van der Waals surface area contributed by atoms with Crippen LogP contribution in [0.25, 0.3) is 11.1 Å². The van der Waals surface area contributed by atoms with Crippen molar-refractivity contribution in [2.45, 2.75) is 58.5 Å². The van der Waals surface area contributed by atoms with Gasteiger partial charge < -0.3 is 23.7 Å². The van der Waals surface area contributed by atoms with Crippen LogP contribution in [0.4, 0.5) is 0 Å². The lowest BCUT2D eigenvalue weighted by Gasteiger charge is -2.27. The van der Waals surface area contributed by atoms with Crippen molar-refractivity contribution in [2.24, 2.45) is 0 Å². The van der Waals surface area contributed by atoms with Crippen molar-refractivity contribution in [3.8, 4) is 16.9 Å². The first-order chi connectivity index (χ1) is 18.3. The number of esters is 1. The van der Waals surface area contributed by atoms with Gasteiger partial charge in [-0.05, 0) is 71.7 Å². The first-order valence-corrected chi connectivity index (χ1v) is 13.1. The molecule has 0 amide bonds. The van der Waals surface area contributed by atoms with Crippen molar-refractivity contribution in [3.05, 3.63) is 87.5 Å². The normalized spacial score (nSPS) is 17.1. The predicted molar refractivity (Wildman–Crippen MR) is 145 cm³/mol. The van der Waals surface area contributed by atoms with Gasteiger partial charge in [0.25, 0.3) is 0 Å². The highest BCUT2D eigenvalue weighted by Gasteiger charge is 2.41. The average Bonchev–Trinajstić information content (AvgIpc) is 3.44. The lowest BCUT2D eigenvalue weighted by molar-refractivity contribution is -0.175. The molecule has 200 valence electrons. The summed E-state index contributed by atoms with van der Waals surface area (Å²) in [4.78, 5) is 11.3. The number of hydrogen-bond donors (Lipinski definition) is 0. The Hall–Kier alpha value is -3.19. The van der Waals surface area contributed by atoms with Gasteiger partial charge in [0.05, 0.1) is 19.8 Å². The average molecular weight is 517 g/mol. The van der Waals surface area contributed by atoms with Crippen LogP contribution in [0.15, 0.2) is 48.5 Å². The van der Waals surface area contributed by atoms with Crippen molar-refractivity contribution in [1.29, 1.82) is 0 Å². The number of aryl methyl sites for hydroxylation is 3. The molecule has 2 aliphatic rings. The third-order valence-electron chi connectivity index (χ3n) is 7.55. The maximum atomic E-state index is 11.3. The summed E-state index contributed by atoms with van der Waals surface area (Å²) < 4.78 is 28.3. The molecule has 38 heavy (non-hydrogen) atoms. The van der Waals surface area contributed by atoms with E-state index in [1.807, 2.05) is 6.07 Å². The highest BCUT2D eigenvalue weighted by molar-refractivity contribution is 5.75. The first kappa shape index (κ1) is 26.4. The lowest BCUT2D eigenvalue weighted by atomic mass is 9.87. The summed E-state index contributed by atoms with van der Waals surface area (Å²) >= 11 is 0. The molecule has 1 atom stereocenters. The monoisotopic (exact) mass is 516 g/mol. The summed E-state index contributed by atoms with van der Waals surface area (Å²) in [7, 11) is 3.41. The van der Waals surface area contributed by atoms with Crippen LogP contribution in [0.5, 0.6) is 5.75 Å². The largest absolute Gasteiger partial charge is 0.482 e. The van der Waals surface area contributed by atoms with Gasteiger partial charge in [-0.3, -0.25) is 4.79 Å². The Labute approximate surface area is 224 Å². The Morgan fingerprint density at radius 1 is 1.00 bits per heavy atom. The second-order valence-corrected chi connectivity index (χ2v) is 10.5. The molecule has 0 spiro atoms. The van der Waals surface area contributed by atoms with Crippen LogP contribution in [0.2, 0.25) is 0 Å². The quantitative estimate of drug-likeness (QED) is 0.334. The van der Waals surface area contributed by atoms with Gasteiger partial charge in [0, 0.05) is 38.7 Å². The van der Waals surface area contributed by atoms with Crippen LogP contribution in [-0.2, 0) is 49.6 Å². The zero-order valence-electron chi connectivity index (χ0n) is 22.9. The minimum atomic E-state index is -0.591. The van der Waals surface area contributed by atoms with Crippen molar-refractivity contribution >= 4 is 5.97 Å². The second-order valence-electron chi connectivity index (χ2n) is 10.5. The maximum absolute atomic E-state index is 11.3. The fourth-order valence-corrected chi connectivity index (χ4v) is 5.91. The number of fused-ring (bicyclic) bond motifs is 2. The molecule has 0 radical (unpaired) electrons. The van der Waals surface area contributed by atoms with Crippen LogP contribution in [0.1, 0.15) is 52.2 Å². The van der Waals surface area contributed by atoms with Gasteiger partial charge in [0.1, 0.15) is 5.75 Å². The fraction of sp³-hybridized carbons (Fsp3) is 0.406. The third-order valence-corrected chi connectivity index (χ3v) is 7.55. The van der Waals surface area contributed by atoms with Crippen molar-refractivity contribution in [2.75, 3.05) is 27.4 Å². The summed E-state index contributed by atoms with van der Waals surface area (Å²) in [5.41, 5.74) is 10.3. The van der Waals surface area contributed by atoms with Gasteiger partial charge in [-0.2, -0.15) is 0 Å². The maximum Gasteiger partial charge on any atom is 0.305 e. The van der Waals surface area contributed by atoms with Gasteiger partial charge in [0.2, 0.25) is 6.29 Å². The molecular formula is C32H36O6. The van der Waals surface area contributed by atoms with E-state index in [9.17, 15) is 4.79 Å². The Bertz CT molecular complexity index is 1340. The van der Waals surface area contributed by atoms with Gasteiger partial charge >= 0.3 is 5.97 Å². The van der Waals surface area contributed by atoms with E-state index in [0.29, 0.717) is 19.8 Å². The molecule has 2 aliphatic heterocycles. The van der Waals surface area contributed by atoms with E-state index in [2.05, 4.69) is 56.3 Å². The van der Waals surface area contributed by atoms with Crippen LogP contribution >= 0.6 is 0 Å². The highest BCUT2D eigenvalue weighted by atomic mass is 16.7. The molecule has 0 bridgehead atoms. The van der Waals surface area contributed by atoms with Crippen molar-refractivity contribution < 1.29 is 28.5 Å². The topological polar surface area (TPSA) is 63.2 Å². The third kappa shape index (κ3) is 5.21. The highest BCUT2D eigenvalue weighted by Crippen LogP contribution is 2.43. The van der Waals surface area contributed by atoms with E-state index < -0.39 is 11.9 Å². The standard InChI is InChI=1S/C32H36O6/c1-20-13-29-28(16-32(38-29,18-34-4)19-35-5)21(2)30(20)25-8-6-7-23(14-25)9-10-24-11-12-27-26(15-24)17-36-31(27)37-22(3)33/h6-8,11-15,31H,9-10,16-19H2,1-5H3/t31-/m0/s1. The van der Waals surface area contributed by atoms with Gasteiger partial charge in [-0.1, -0.05) is 42.5 Å². The van der Waals surface area contributed by atoms with E-state index >= 15 is 0 Å². The number of ether oxygens (including phenoxy) is 5. The Kier molecular flexibility index (Phi) is 7.57.